The Morgan fingerprint density at radius 1 is 1.08 bits per heavy atom. The van der Waals surface area contributed by atoms with Crippen molar-refractivity contribution in [1.29, 1.82) is 0 Å². The number of amides is 3. The van der Waals surface area contributed by atoms with Crippen LogP contribution in [0.15, 0.2) is 48.5 Å². The molecule has 190 valence electrons. The first kappa shape index (κ1) is 24.8. The molecule has 3 N–H and O–H groups in total. The Bertz CT molecular complexity index is 1180. The van der Waals surface area contributed by atoms with Crippen LogP contribution in [0.25, 0.3) is 0 Å². The summed E-state index contributed by atoms with van der Waals surface area (Å²) < 4.78 is -0.732. The van der Waals surface area contributed by atoms with E-state index in [4.69, 9.17) is 0 Å². The number of nitrogens with zero attached hydrogens (tertiary/aromatic N) is 1. The molecule has 3 amide bonds. The molecule has 7 atom stereocenters. The van der Waals surface area contributed by atoms with E-state index in [1.54, 1.807) is 23.6 Å². The highest BCUT2D eigenvalue weighted by Crippen LogP contribution is 2.68. The number of aryl methyl sites for hydroxylation is 2. The molecule has 3 aliphatic heterocycles. The minimum Gasteiger partial charge on any atom is -0.394 e. The van der Waals surface area contributed by atoms with Crippen LogP contribution in [-0.2, 0) is 14.4 Å². The SMILES string of the molecule is Cc1cccc(C)c1NC(=O)C1N([C@H](C)CO)C(=O)[C@@H]2[C@@H](C(=O)Nc3ccccc3)[C@H]3CC(C)C12S3. The van der Waals surface area contributed by atoms with E-state index in [9.17, 15) is 19.5 Å². The monoisotopic (exact) mass is 507 g/mol. The van der Waals surface area contributed by atoms with Crippen LogP contribution in [0.3, 0.4) is 0 Å². The zero-order valence-electron chi connectivity index (χ0n) is 21.0. The Balaban J connectivity index is 1.54. The number of thioether (sulfide) groups is 1. The van der Waals surface area contributed by atoms with E-state index in [-0.39, 0.29) is 35.5 Å². The molecule has 0 radical (unpaired) electrons. The summed E-state index contributed by atoms with van der Waals surface area (Å²) in [6.45, 7) is 7.48. The zero-order chi connectivity index (χ0) is 25.8. The molecule has 7 nitrogen and oxygen atoms in total. The van der Waals surface area contributed by atoms with E-state index in [1.807, 2.05) is 62.4 Å². The van der Waals surface area contributed by atoms with Gasteiger partial charge >= 0.3 is 0 Å². The Hall–Kier alpha value is -2.84. The maximum atomic E-state index is 14.0. The number of hydrogen-bond acceptors (Lipinski definition) is 5. The molecule has 2 aromatic rings. The van der Waals surface area contributed by atoms with Gasteiger partial charge in [-0.15, -0.1) is 11.8 Å². The number of nitrogens with one attached hydrogen (secondary N) is 2. The van der Waals surface area contributed by atoms with Gasteiger partial charge in [-0.2, -0.15) is 0 Å². The molecule has 0 aromatic heterocycles. The van der Waals surface area contributed by atoms with Gasteiger partial charge in [0.2, 0.25) is 17.7 Å². The summed E-state index contributed by atoms with van der Waals surface area (Å²) in [7, 11) is 0. The standard InChI is InChI=1S/C28H33N3O4S/c1-15-9-8-10-16(2)23(15)30-26(34)24-28-17(3)13-20(36-28)21(22(28)27(35)31(24)18(4)14-32)25(33)29-19-11-6-5-7-12-19/h5-12,17-18,20-22,24,32H,13-14H2,1-4H3,(H,29,33)(H,30,34)/t17?,18-,20-,21+,22+,24?,28?/m1/s1. The van der Waals surface area contributed by atoms with Crippen LogP contribution < -0.4 is 10.6 Å². The maximum absolute atomic E-state index is 14.0. The lowest BCUT2D eigenvalue weighted by atomic mass is 9.66. The second-order valence-electron chi connectivity index (χ2n) is 10.4. The first-order chi connectivity index (χ1) is 17.2. The fourth-order valence-electron chi connectivity index (χ4n) is 6.57. The summed E-state index contributed by atoms with van der Waals surface area (Å²) in [5.74, 6) is -1.75. The summed E-state index contributed by atoms with van der Waals surface area (Å²) in [4.78, 5) is 43.2. The van der Waals surface area contributed by atoms with Crippen molar-refractivity contribution in [2.75, 3.05) is 17.2 Å². The molecule has 0 saturated carbocycles. The van der Waals surface area contributed by atoms with Crippen LogP contribution in [0.1, 0.15) is 31.4 Å². The van der Waals surface area contributed by atoms with Gasteiger partial charge in [-0.3, -0.25) is 14.4 Å². The normalized spacial score (nSPS) is 31.3. The number of benzene rings is 2. The minimum absolute atomic E-state index is 0.0419. The smallest absolute Gasteiger partial charge is 0.248 e. The lowest BCUT2D eigenvalue weighted by molar-refractivity contribution is -0.140. The molecule has 3 heterocycles. The Morgan fingerprint density at radius 2 is 1.75 bits per heavy atom. The van der Waals surface area contributed by atoms with E-state index in [0.29, 0.717) is 5.69 Å². The topological polar surface area (TPSA) is 98.7 Å². The number of rotatable bonds is 6. The fourth-order valence-corrected chi connectivity index (χ4v) is 8.98. The van der Waals surface area contributed by atoms with Crippen LogP contribution in [0, 0.1) is 31.6 Å². The molecule has 0 aliphatic carbocycles. The fraction of sp³-hybridized carbons (Fsp3) is 0.464. The van der Waals surface area contributed by atoms with Gasteiger partial charge < -0.3 is 20.6 Å². The molecule has 3 saturated heterocycles. The van der Waals surface area contributed by atoms with Gasteiger partial charge in [0, 0.05) is 16.6 Å². The molecule has 3 aliphatic rings. The largest absolute Gasteiger partial charge is 0.394 e. The predicted molar refractivity (Wildman–Crippen MR) is 142 cm³/mol. The highest BCUT2D eigenvalue weighted by molar-refractivity contribution is 8.02. The lowest BCUT2D eigenvalue weighted by Gasteiger charge is -2.39. The van der Waals surface area contributed by atoms with Crippen molar-refractivity contribution >= 4 is 40.9 Å². The summed E-state index contributed by atoms with van der Waals surface area (Å²) >= 11 is 1.63. The van der Waals surface area contributed by atoms with Crippen LogP contribution >= 0.6 is 11.8 Å². The highest BCUT2D eigenvalue weighted by Gasteiger charge is 2.76. The molecule has 8 heteroatoms. The summed E-state index contributed by atoms with van der Waals surface area (Å²) in [5.41, 5.74) is 3.32. The number of para-hydroxylation sites is 2. The van der Waals surface area contributed by atoms with Crippen LogP contribution in [0.4, 0.5) is 11.4 Å². The number of fused-ring (bicyclic) bond motifs is 1. The van der Waals surface area contributed by atoms with Gasteiger partial charge in [0.05, 0.1) is 29.2 Å². The number of carbonyl (C=O) groups is 3. The third-order valence-electron chi connectivity index (χ3n) is 8.24. The average molecular weight is 508 g/mol. The van der Waals surface area contributed by atoms with Crippen molar-refractivity contribution in [3.63, 3.8) is 0 Å². The zero-order valence-corrected chi connectivity index (χ0v) is 21.8. The number of carbonyl (C=O) groups excluding carboxylic acids is 3. The lowest BCUT2D eigenvalue weighted by Crippen LogP contribution is -2.56. The van der Waals surface area contributed by atoms with Crippen molar-refractivity contribution in [3.8, 4) is 0 Å². The average Bonchev–Trinajstić information content (AvgIpc) is 3.45. The van der Waals surface area contributed by atoms with E-state index in [1.165, 1.54) is 0 Å². The van der Waals surface area contributed by atoms with Gasteiger partial charge in [-0.1, -0.05) is 43.3 Å². The minimum atomic E-state index is -0.782. The number of likely N-dealkylation sites (tertiary alicyclic amines) is 1. The third kappa shape index (κ3) is 3.65. The number of aliphatic hydroxyl groups is 1. The maximum Gasteiger partial charge on any atom is 0.248 e. The van der Waals surface area contributed by atoms with Crippen LogP contribution in [0.2, 0.25) is 0 Å². The van der Waals surface area contributed by atoms with Gasteiger partial charge in [-0.05, 0) is 56.4 Å². The number of aliphatic hydroxyl groups excluding tert-OH is 1. The summed E-state index contributed by atoms with van der Waals surface area (Å²) in [6, 6.07) is 13.8. The molecule has 2 aromatic carbocycles. The molecule has 1 spiro atoms. The second kappa shape index (κ2) is 9.23. The number of hydrogen-bond donors (Lipinski definition) is 3. The van der Waals surface area contributed by atoms with E-state index in [2.05, 4.69) is 17.6 Å². The van der Waals surface area contributed by atoms with Gasteiger partial charge in [0.25, 0.3) is 0 Å². The molecular weight excluding hydrogens is 474 g/mol. The Labute approximate surface area is 216 Å². The van der Waals surface area contributed by atoms with E-state index in [0.717, 1.165) is 23.2 Å². The number of anilines is 2. The summed E-state index contributed by atoms with van der Waals surface area (Å²) in [6.07, 6.45) is 0.760. The van der Waals surface area contributed by atoms with Crippen molar-refractivity contribution in [1.82, 2.24) is 4.90 Å². The van der Waals surface area contributed by atoms with E-state index >= 15 is 0 Å². The van der Waals surface area contributed by atoms with Crippen molar-refractivity contribution in [2.24, 2.45) is 17.8 Å². The molecule has 36 heavy (non-hydrogen) atoms. The molecule has 5 rings (SSSR count). The third-order valence-corrected chi connectivity index (χ3v) is 10.3. The quantitative estimate of drug-likeness (QED) is 0.555. The first-order valence-corrected chi connectivity index (χ1v) is 13.4. The van der Waals surface area contributed by atoms with Crippen molar-refractivity contribution in [2.45, 2.75) is 56.2 Å². The molecule has 3 unspecified atom stereocenters. The van der Waals surface area contributed by atoms with E-state index < -0.39 is 28.7 Å². The highest BCUT2D eigenvalue weighted by atomic mass is 32.2. The predicted octanol–water partition coefficient (Wildman–Crippen LogP) is 3.60. The van der Waals surface area contributed by atoms with Gasteiger partial charge in [0.1, 0.15) is 6.04 Å². The van der Waals surface area contributed by atoms with Crippen LogP contribution in [-0.4, -0.2) is 56.4 Å². The van der Waals surface area contributed by atoms with Crippen molar-refractivity contribution in [3.05, 3.63) is 59.7 Å². The summed E-state index contributed by atoms with van der Waals surface area (Å²) in [5, 5.41) is 16.1. The molecule has 2 bridgehead atoms. The molecular formula is C28H33N3O4S. The van der Waals surface area contributed by atoms with Gasteiger partial charge in [-0.25, -0.2) is 0 Å². The van der Waals surface area contributed by atoms with Crippen molar-refractivity contribution < 1.29 is 19.5 Å². The Morgan fingerprint density at radius 3 is 2.39 bits per heavy atom. The van der Waals surface area contributed by atoms with Crippen LogP contribution in [0.5, 0.6) is 0 Å². The Kier molecular flexibility index (Phi) is 6.37. The molecule has 3 fully saturated rings. The second-order valence-corrected chi connectivity index (χ2v) is 12.0. The van der Waals surface area contributed by atoms with Gasteiger partial charge in [0.15, 0.2) is 0 Å². The first-order valence-electron chi connectivity index (χ1n) is 12.5.